The van der Waals surface area contributed by atoms with Crippen LogP contribution in [-0.4, -0.2) is 6.09 Å². The zero-order valence-electron chi connectivity index (χ0n) is 5.99. The Morgan fingerprint density at radius 3 is 2.67 bits per heavy atom. The number of nitrogens with two attached hydrogens (primary N) is 1. The van der Waals surface area contributed by atoms with Crippen LogP contribution in [0, 0.1) is 5.82 Å². The van der Waals surface area contributed by atoms with E-state index in [-0.39, 0.29) is 18.2 Å². The van der Waals surface area contributed by atoms with E-state index in [1.54, 1.807) is 0 Å². The maximum Gasteiger partial charge on any atom is 0.409 e. The second-order valence-corrected chi connectivity index (χ2v) is 1.88. The van der Waals surface area contributed by atoms with E-state index in [9.17, 15) is 9.18 Å². The lowest BCUT2D eigenvalue weighted by Crippen LogP contribution is -2.16. The number of carbonyl (C=O) groups is 1. The van der Waals surface area contributed by atoms with Gasteiger partial charge in [-0.15, -0.1) is 12.4 Å². The molecule has 0 aromatic heterocycles. The van der Waals surface area contributed by atoms with Crippen molar-refractivity contribution in [3.05, 3.63) is 30.1 Å². The molecule has 0 bridgehead atoms. The van der Waals surface area contributed by atoms with Gasteiger partial charge in [0.05, 0.1) is 0 Å². The molecule has 0 radical (unpaired) electrons. The molecule has 0 aliphatic rings. The summed E-state index contributed by atoms with van der Waals surface area (Å²) in [6.07, 6.45) is -0.949. The summed E-state index contributed by atoms with van der Waals surface area (Å²) >= 11 is 0. The monoisotopic (exact) mass is 191 g/mol. The predicted molar refractivity (Wildman–Crippen MR) is 43.9 cm³/mol. The first-order chi connectivity index (χ1) is 5.18. The maximum atomic E-state index is 12.4. The second-order valence-electron chi connectivity index (χ2n) is 1.88. The topological polar surface area (TPSA) is 52.3 Å². The van der Waals surface area contributed by atoms with Crippen molar-refractivity contribution in [1.29, 1.82) is 0 Å². The van der Waals surface area contributed by atoms with Gasteiger partial charge in [0.1, 0.15) is 11.6 Å². The summed E-state index contributed by atoms with van der Waals surface area (Å²) in [5.74, 6) is -0.360. The highest BCUT2D eigenvalue weighted by atomic mass is 35.5. The fourth-order valence-electron chi connectivity index (χ4n) is 0.647. The molecular formula is C7H7ClFNO2. The van der Waals surface area contributed by atoms with Crippen molar-refractivity contribution in [2.45, 2.75) is 0 Å². The molecule has 0 aliphatic carbocycles. The first kappa shape index (κ1) is 10.7. The summed E-state index contributed by atoms with van der Waals surface area (Å²) in [6.45, 7) is 0. The van der Waals surface area contributed by atoms with Gasteiger partial charge in [-0.25, -0.2) is 9.18 Å². The molecule has 0 heterocycles. The van der Waals surface area contributed by atoms with Crippen molar-refractivity contribution >= 4 is 18.5 Å². The Morgan fingerprint density at radius 2 is 2.17 bits per heavy atom. The highest BCUT2D eigenvalue weighted by Crippen LogP contribution is 2.11. The SMILES string of the molecule is Cl.NC(=O)Oc1cccc(F)c1. The molecule has 0 unspecified atom stereocenters. The predicted octanol–water partition coefficient (Wildman–Crippen LogP) is 1.70. The van der Waals surface area contributed by atoms with Gasteiger partial charge in [0.25, 0.3) is 0 Å². The average Bonchev–Trinajstić information content (AvgIpc) is 1.85. The molecule has 5 heteroatoms. The van der Waals surface area contributed by atoms with E-state index in [1.807, 2.05) is 0 Å². The van der Waals surface area contributed by atoms with Gasteiger partial charge in [-0.3, -0.25) is 0 Å². The molecule has 1 aromatic carbocycles. The molecule has 0 spiro atoms. The van der Waals surface area contributed by atoms with Gasteiger partial charge in [-0.05, 0) is 12.1 Å². The van der Waals surface area contributed by atoms with Crippen LogP contribution in [0.5, 0.6) is 5.75 Å². The second kappa shape index (κ2) is 4.56. The standard InChI is InChI=1S/C7H6FNO2.ClH/c8-5-2-1-3-6(4-5)11-7(9)10;/h1-4H,(H2,9,10);1H. The number of primary amides is 1. The van der Waals surface area contributed by atoms with Crippen LogP contribution in [0.15, 0.2) is 24.3 Å². The average molecular weight is 192 g/mol. The van der Waals surface area contributed by atoms with Crippen LogP contribution in [0.4, 0.5) is 9.18 Å². The molecule has 1 amide bonds. The lowest BCUT2D eigenvalue weighted by Gasteiger charge is -1.98. The molecule has 2 N–H and O–H groups in total. The minimum Gasteiger partial charge on any atom is -0.410 e. The Labute approximate surface area is 74.7 Å². The molecule has 0 aliphatic heterocycles. The Kier molecular flexibility index (Phi) is 4.07. The van der Waals surface area contributed by atoms with Gasteiger partial charge < -0.3 is 10.5 Å². The molecule has 3 nitrogen and oxygen atoms in total. The van der Waals surface area contributed by atoms with Crippen molar-refractivity contribution in [3.8, 4) is 5.75 Å². The van der Waals surface area contributed by atoms with Gasteiger partial charge in [0, 0.05) is 6.07 Å². The van der Waals surface area contributed by atoms with Crippen molar-refractivity contribution in [2.75, 3.05) is 0 Å². The third-order valence-electron chi connectivity index (χ3n) is 1.01. The summed E-state index contributed by atoms with van der Waals surface area (Å²) in [6, 6.07) is 5.18. The zero-order valence-corrected chi connectivity index (χ0v) is 6.81. The van der Waals surface area contributed by atoms with Gasteiger partial charge in [-0.1, -0.05) is 6.07 Å². The van der Waals surface area contributed by atoms with Crippen LogP contribution in [-0.2, 0) is 0 Å². The molecular weight excluding hydrogens is 185 g/mol. The van der Waals surface area contributed by atoms with Crippen LogP contribution < -0.4 is 10.5 Å². The summed E-state index contributed by atoms with van der Waals surface area (Å²) in [4.78, 5) is 10.2. The quantitative estimate of drug-likeness (QED) is 0.735. The summed E-state index contributed by atoms with van der Waals surface area (Å²) in [5.41, 5.74) is 4.69. The van der Waals surface area contributed by atoms with Gasteiger partial charge in [0.15, 0.2) is 0 Å². The van der Waals surface area contributed by atoms with E-state index in [0.717, 1.165) is 6.07 Å². The number of halogens is 2. The number of amides is 1. The van der Waals surface area contributed by atoms with Crippen molar-refractivity contribution in [1.82, 2.24) is 0 Å². The first-order valence-electron chi connectivity index (χ1n) is 2.91. The highest BCUT2D eigenvalue weighted by molar-refractivity contribution is 5.85. The Balaban J connectivity index is 0.00000121. The fourth-order valence-corrected chi connectivity index (χ4v) is 0.647. The Morgan fingerprint density at radius 1 is 1.50 bits per heavy atom. The Hall–Kier alpha value is -1.29. The number of ether oxygens (including phenoxy) is 1. The molecule has 0 saturated carbocycles. The van der Waals surface area contributed by atoms with Gasteiger partial charge >= 0.3 is 6.09 Å². The maximum absolute atomic E-state index is 12.4. The number of benzene rings is 1. The molecule has 0 atom stereocenters. The van der Waals surface area contributed by atoms with Crippen molar-refractivity contribution < 1.29 is 13.9 Å². The van der Waals surface area contributed by atoms with Crippen LogP contribution in [0.2, 0.25) is 0 Å². The third kappa shape index (κ3) is 3.21. The summed E-state index contributed by atoms with van der Waals surface area (Å²) in [7, 11) is 0. The van der Waals surface area contributed by atoms with E-state index in [2.05, 4.69) is 4.74 Å². The van der Waals surface area contributed by atoms with E-state index < -0.39 is 11.9 Å². The summed E-state index contributed by atoms with van der Waals surface area (Å²) in [5, 5.41) is 0. The van der Waals surface area contributed by atoms with E-state index in [4.69, 9.17) is 5.73 Å². The van der Waals surface area contributed by atoms with E-state index in [1.165, 1.54) is 18.2 Å². The number of rotatable bonds is 1. The lowest BCUT2D eigenvalue weighted by molar-refractivity contribution is 0.210. The fraction of sp³-hybridized carbons (Fsp3) is 0. The molecule has 1 aromatic rings. The van der Waals surface area contributed by atoms with Crippen molar-refractivity contribution in [2.24, 2.45) is 5.73 Å². The van der Waals surface area contributed by atoms with Crippen LogP contribution in [0.1, 0.15) is 0 Å². The largest absolute Gasteiger partial charge is 0.410 e. The normalized spacial score (nSPS) is 8.42. The summed E-state index contributed by atoms with van der Waals surface area (Å²) < 4.78 is 16.8. The van der Waals surface area contributed by atoms with Crippen molar-refractivity contribution in [3.63, 3.8) is 0 Å². The molecule has 0 saturated heterocycles. The van der Waals surface area contributed by atoms with Gasteiger partial charge in [0.2, 0.25) is 0 Å². The zero-order chi connectivity index (χ0) is 8.27. The highest BCUT2D eigenvalue weighted by Gasteiger charge is 1.98. The molecule has 12 heavy (non-hydrogen) atoms. The minimum atomic E-state index is -0.949. The molecule has 1 rings (SSSR count). The van der Waals surface area contributed by atoms with Crippen LogP contribution in [0.25, 0.3) is 0 Å². The number of hydrogen-bond acceptors (Lipinski definition) is 2. The first-order valence-corrected chi connectivity index (χ1v) is 2.91. The van der Waals surface area contributed by atoms with E-state index in [0.29, 0.717) is 0 Å². The lowest BCUT2D eigenvalue weighted by atomic mass is 10.3. The minimum absolute atomic E-state index is 0. The van der Waals surface area contributed by atoms with Crippen LogP contribution in [0.3, 0.4) is 0 Å². The van der Waals surface area contributed by atoms with Gasteiger partial charge in [-0.2, -0.15) is 0 Å². The molecule has 0 fully saturated rings. The van der Waals surface area contributed by atoms with E-state index >= 15 is 0 Å². The molecule has 66 valence electrons. The third-order valence-corrected chi connectivity index (χ3v) is 1.01. The Bertz CT molecular complexity index is 280. The smallest absolute Gasteiger partial charge is 0.409 e. The number of carbonyl (C=O) groups excluding carboxylic acids is 1. The number of hydrogen-bond donors (Lipinski definition) is 1. The van der Waals surface area contributed by atoms with Crippen LogP contribution >= 0.6 is 12.4 Å².